The maximum atomic E-state index is 14.4. The zero-order chi connectivity index (χ0) is 24.0. The summed E-state index contributed by atoms with van der Waals surface area (Å²) in [6, 6.07) is 10.2. The number of hydrogen-bond donors (Lipinski definition) is 3. The van der Waals surface area contributed by atoms with Gasteiger partial charge in [0.05, 0.1) is 5.56 Å². The summed E-state index contributed by atoms with van der Waals surface area (Å²) < 4.78 is 58.2. The first-order valence-corrected chi connectivity index (χ1v) is 9.52. The second-order valence-corrected chi connectivity index (χ2v) is 6.71. The van der Waals surface area contributed by atoms with Gasteiger partial charge in [0.25, 0.3) is 5.91 Å². The highest BCUT2D eigenvalue weighted by atomic mass is 19.4. The molecule has 1 aromatic heterocycles. The molecule has 11 heteroatoms. The topological polar surface area (TPSA) is 92.4 Å². The van der Waals surface area contributed by atoms with E-state index in [0.29, 0.717) is 5.56 Å². The number of hydrogen-bond acceptors (Lipinski definition) is 4. The Morgan fingerprint density at radius 3 is 2.55 bits per heavy atom. The van der Waals surface area contributed by atoms with Crippen molar-refractivity contribution in [3.63, 3.8) is 0 Å². The Balaban J connectivity index is 1.59. The van der Waals surface area contributed by atoms with E-state index in [9.17, 15) is 27.2 Å². The summed E-state index contributed by atoms with van der Waals surface area (Å²) in [4.78, 5) is 27.5. The van der Waals surface area contributed by atoms with Gasteiger partial charge in [0.15, 0.2) is 11.6 Å². The summed E-state index contributed by atoms with van der Waals surface area (Å²) in [5.41, 5.74) is -0.442. The molecular weight excluding hydrogens is 444 g/mol. The average Bonchev–Trinajstić information content (AvgIpc) is 2.78. The normalized spacial score (nSPS) is 10.9. The Morgan fingerprint density at radius 1 is 1.06 bits per heavy atom. The van der Waals surface area contributed by atoms with Gasteiger partial charge in [0.2, 0.25) is 0 Å². The number of nitrogens with one attached hydrogen (secondary N) is 3. The lowest BCUT2D eigenvalue weighted by Gasteiger charge is -2.12. The number of nitrogens with zero attached hydrogens (tertiary/aromatic N) is 1. The van der Waals surface area contributed by atoms with Crippen molar-refractivity contribution >= 4 is 17.6 Å². The maximum absolute atomic E-state index is 14.4. The molecule has 0 unspecified atom stereocenters. The second-order valence-electron chi connectivity index (χ2n) is 6.71. The van der Waals surface area contributed by atoms with Crippen LogP contribution in [0.3, 0.4) is 0 Å². The number of aromatic nitrogens is 1. The summed E-state index contributed by atoms with van der Waals surface area (Å²) in [5.74, 6) is -1.05. The van der Waals surface area contributed by atoms with Crippen LogP contribution in [0, 0.1) is 5.82 Å². The number of pyridine rings is 1. The van der Waals surface area contributed by atoms with Crippen molar-refractivity contribution in [2.75, 3.05) is 12.4 Å². The van der Waals surface area contributed by atoms with Crippen molar-refractivity contribution in [3.8, 4) is 11.5 Å². The zero-order valence-corrected chi connectivity index (χ0v) is 17.2. The van der Waals surface area contributed by atoms with Crippen molar-refractivity contribution in [3.05, 3.63) is 83.4 Å². The van der Waals surface area contributed by atoms with Crippen LogP contribution in [0.1, 0.15) is 21.6 Å². The van der Waals surface area contributed by atoms with Gasteiger partial charge in [-0.3, -0.25) is 9.78 Å². The molecule has 0 radical (unpaired) electrons. The Kier molecular flexibility index (Phi) is 7.11. The van der Waals surface area contributed by atoms with Gasteiger partial charge in [0.1, 0.15) is 11.4 Å². The maximum Gasteiger partial charge on any atom is 0.416 e. The highest BCUT2D eigenvalue weighted by Gasteiger charge is 2.30. The van der Waals surface area contributed by atoms with E-state index < -0.39 is 29.5 Å². The fraction of sp³-hybridized carbons (Fsp3) is 0.136. The van der Waals surface area contributed by atoms with Gasteiger partial charge in [-0.2, -0.15) is 13.2 Å². The molecule has 172 valence electrons. The van der Waals surface area contributed by atoms with Crippen LogP contribution in [0.15, 0.2) is 60.8 Å². The highest BCUT2D eigenvalue weighted by molar-refractivity contribution is 5.92. The minimum Gasteiger partial charge on any atom is -0.454 e. The molecule has 0 bridgehead atoms. The monoisotopic (exact) mass is 462 g/mol. The molecule has 0 atom stereocenters. The van der Waals surface area contributed by atoms with Gasteiger partial charge >= 0.3 is 12.2 Å². The number of amides is 3. The minimum absolute atomic E-state index is 0.0364. The second kappa shape index (κ2) is 9.98. The molecule has 0 saturated heterocycles. The van der Waals surface area contributed by atoms with E-state index in [1.54, 1.807) is 0 Å². The number of benzene rings is 2. The van der Waals surface area contributed by atoms with Crippen molar-refractivity contribution in [2.24, 2.45) is 0 Å². The quantitative estimate of drug-likeness (QED) is 0.463. The van der Waals surface area contributed by atoms with Gasteiger partial charge in [-0.1, -0.05) is 12.1 Å². The molecular formula is C22H18F4N4O3. The lowest BCUT2D eigenvalue weighted by molar-refractivity contribution is -0.137. The Morgan fingerprint density at radius 2 is 1.85 bits per heavy atom. The van der Waals surface area contributed by atoms with Crippen LogP contribution < -0.4 is 20.7 Å². The molecule has 0 fully saturated rings. The number of carbonyl (C=O) groups is 2. The van der Waals surface area contributed by atoms with E-state index in [1.165, 1.54) is 49.6 Å². The van der Waals surface area contributed by atoms with Crippen LogP contribution in [0.4, 0.5) is 28.0 Å². The number of carbonyl (C=O) groups excluding carboxylic acids is 2. The first kappa shape index (κ1) is 23.5. The molecule has 1 heterocycles. The molecule has 0 spiro atoms. The molecule has 7 nitrogen and oxygen atoms in total. The highest BCUT2D eigenvalue weighted by Crippen LogP contribution is 2.30. The third-order valence-corrected chi connectivity index (χ3v) is 4.32. The average molecular weight is 462 g/mol. The smallest absolute Gasteiger partial charge is 0.416 e. The van der Waals surface area contributed by atoms with Crippen molar-refractivity contribution < 1.29 is 31.9 Å². The number of rotatable bonds is 6. The number of alkyl halides is 3. The fourth-order valence-corrected chi connectivity index (χ4v) is 2.72. The first-order chi connectivity index (χ1) is 15.7. The van der Waals surface area contributed by atoms with Crippen LogP contribution in [-0.4, -0.2) is 24.0 Å². The van der Waals surface area contributed by atoms with Gasteiger partial charge < -0.3 is 20.7 Å². The molecule has 3 aromatic rings. The SMILES string of the molecule is CNC(=O)c1cc(Oc2ccc(CNC(=O)Nc3cccc(C(F)(F)F)c3)cc2F)ccn1. The molecule has 3 N–H and O–H groups in total. The molecule has 0 saturated carbocycles. The largest absolute Gasteiger partial charge is 0.454 e. The molecule has 0 aliphatic rings. The summed E-state index contributed by atoms with van der Waals surface area (Å²) in [6.45, 7) is -0.0852. The van der Waals surface area contributed by atoms with E-state index in [4.69, 9.17) is 4.74 Å². The molecule has 0 aliphatic carbocycles. The summed E-state index contributed by atoms with van der Waals surface area (Å²) in [5, 5.41) is 7.15. The number of halogens is 4. The van der Waals surface area contributed by atoms with Gasteiger partial charge in [0, 0.05) is 31.5 Å². The van der Waals surface area contributed by atoms with E-state index in [-0.39, 0.29) is 29.4 Å². The van der Waals surface area contributed by atoms with Crippen LogP contribution >= 0.6 is 0 Å². The fourth-order valence-electron chi connectivity index (χ4n) is 2.72. The molecule has 3 rings (SSSR count). The molecule has 3 amide bonds. The van der Waals surface area contributed by atoms with Crippen molar-refractivity contribution in [2.45, 2.75) is 12.7 Å². The van der Waals surface area contributed by atoms with Gasteiger partial charge in [-0.15, -0.1) is 0 Å². The van der Waals surface area contributed by atoms with Crippen LogP contribution in [0.2, 0.25) is 0 Å². The third-order valence-electron chi connectivity index (χ3n) is 4.32. The van der Waals surface area contributed by atoms with E-state index in [0.717, 1.165) is 18.2 Å². The number of anilines is 1. The van der Waals surface area contributed by atoms with E-state index in [2.05, 4.69) is 20.9 Å². The predicted octanol–water partition coefficient (Wildman–Crippen LogP) is 4.71. The molecule has 33 heavy (non-hydrogen) atoms. The van der Waals surface area contributed by atoms with Gasteiger partial charge in [-0.05, 0) is 42.0 Å². The van der Waals surface area contributed by atoms with Crippen molar-refractivity contribution in [1.82, 2.24) is 15.6 Å². The zero-order valence-electron chi connectivity index (χ0n) is 17.2. The summed E-state index contributed by atoms with van der Waals surface area (Å²) in [7, 11) is 1.45. The lowest BCUT2D eigenvalue weighted by atomic mass is 10.2. The van der Waals surface area contributed by atoms with Crippen LogP contribution in [-0.2, 0) is 12.7 Å². The predicted molar refractivity (Wildman–Crippen MR) is 111 cm³/mol. The standard InChI is InChI=1S/C22H18F4N4O3/c1-27-20(31)18-11-16(7-8-28-18)33-19-6-5-13(9-17(19)23)12-29-21(32)30-15-4-2-3-14(10-15)22(24,25)26/h2-11H,12H2,1H3,(H,27,31)(H2,29,30,32). The molecule has 0 aliphatic heterocycles. The summed E-state index contributed by atoms with van der Waals surface area (Å²) in [6.07, 6.45) is -3.19. The van der Waals surface area contributed by atoms with Crippen molar-refractivity contribution in [1.29, 1.82) is 0 Å². The van der Waals surface area contributed by atoms with Crippen LogP contribution in [0.25, 0.3) is 0 Å². The third kappa shape index (κ3) is 6.42. The van der Waals surface area contributed by atoms with Crippen LogP contribution in [0.5, 0.6) is 11.5 Å². The Labute approximate surface area is 185 Å². The van der Waals surface area contributed by atoms with Gasteiger partial charge in [-0.25, -0.2) is 9.18 Å². The van der Waals surface area contributed by atoms with E-state index >= 15 is 0 Å². The number of urea groups is 1. The number of ether oxygens (including phenoxy) is 1. The Hall–Kier alpha value is -4.15. The molecule has 2 aromatic carbocycles. The summed E-state index contributed by atoms with van der Waals surface area (Å²) >= 11 is 0. The minimum atomic E-state index is -4.53. The van der Waals surface area contributed by atoms with E-state index in [1.807, 2.05) is 0 Å². The lowest BCUT2D eigenvalue weighted by Crippen LogP contribution is -2.28. The first-order valence-electron chi connectivity index (χ1n) is 9.52. The Bertz CT molecular complexity index is 1170.